The Bertz CT molecular complexity index is 2900. The van der Waals surface area contributed by atoms with Crippen molar-refractivity contribution < 1.29 is 82.1 Å². The van der Waals surface area contributed by atoms with Gasteiger partial charge in [-0.1, -0.05) is 102 Å². The number of rotatable bonds is 48. The number of hydrogen-bond acceptors (Lipinski definition) is 22. The highest BCUT2D eigenvalue weighted by Crippen LogP contribution is 2.23. The second-order valence-electron chi connectivity index (χ2n) is 28.7. The van der Waals surface area contributed by atoms with Gasteiger partial charge in [-0.3, -0.25) is 62.3 Å². The summed E-state index contributed by atoms with van der Waals surface area (Å²) in [7, 11) is 0. The lowest BCUT2D eigenvalue weighted by Crippen LogP contribution is -2.57. The van der Waals surface area contributed by atoms with Crippen LogP contribution in [0.3, 0.4) is 0 Å². The molecule has 0 saturated carbocycles. The van der Waals surface area contributed by atoms with Gasteiger partial charge in [0.25, 0.3) is 0 Å². The van der Waals surface area contributed by atoms with Crippen LogP contribution in [0.5, 0.6) is 0 Å². The van der Waals surface area contributed by atoms with E-state index < -0.39 is 168 Å². The molecule has 30 heteroatoms. The number of aliphatic hydroxyl groups excluding tert-OH is 2. The van der Waals surface area contributed by atoms with Crippen LogP contribution in [0.4, 0.5) is 0 Å². The van der Waals surface area contributed by atoms with Crippen LogP contribution in [0.2, 0.25) is 0 Å². The van der Waals surface area contributed by atoms with Crippen LogP contribution in [-0.4, -0.2) is 200 Å². The number of nitrogens with one attached hydrogen (secondary N) is 8. The zero-order valence-electron chi connectivity index (χ0n) is 63.8. The summed E-state index contributed by atoms with van der Waals surface area (Å²) in [5.74, 6) is -15.2. The summed E-state index contributed by atoms with van der Waals surface area (Å²) >= 11 is 0. The first-order chi connectivity index (χ1) is 50.5. The molecule has 30 nitrogen and oxygen atoms in total. The van der Waals surface area contributed by atoms with Crippen molar-refractivity contribution >= 4 is 82.0 Å². The van der Waals surface area contributed by atoms with Crippen molar-refractivity contribution in [2.45, 2.75) is 263 Å². The molecule has 13 atom stereocenters. The van der Waals surface area contributed by atoms with Crippen LogP contribution in [-0.2, 0) is 78.3 Å². The number of hydrogen-bond donors (Lipinski definition) is 15. The van der Waals surface area contributed by atoms with E-state index in [1.807, 2.05) is 13.8 Å². The highest BCUT2D eigenvalue weighted by molar-refractivity contribution is 5.99. The van der Waals surface area contributed by atoms with Gasteiger partial charge in [0.1, 0.15) is 23.7 Å². The molecule has 0 spiro atoms. The summed E-state index contributed by atoms with van der Waals surface area (Å²) in [6.45, 7) is 9.22. The SMILES string of the molecule is CCCCCCCC[C@H](CC(=O)CCOCCNC(=O)CCCCCCC(C)=O)C(=O)N[C@@H](CCN)C(=O)C[C@H](C(=O)N[C@@H](CCN)C(=O)C[C@H]1CCNC(=O)[C@H]([C@@H](C)O)CC(=O)[C@H](CCN)NC(=O)[C@H](CCN)NC(=O)[C@H](CC(C)C)NC(=O)[C@@H](Cc2ccccc2)CC(=O)[C@H](CCN)NC1=O)[C@@H](C)O. The van der Waals surface area contributed by atoms with Gasteiger partial charge in [-0.25, -0.2) is 0 Å². The minimum absolute atomic E-state index is 0.0124. The third-order valence-corrected chi connectivity index (χ3v) is 19.0. The monoisotopic (exact) mass is 1500 g/mol. The molecule has 0 aromatic heterocycles. The minimum Gasteiger partial charge on any atom is -0.393 e. The number of nitrogens with two attached hydrogens (primary N) is 5. The van der Waals surface area contributed by atoms with Gasteiger partial charge in [0.05, 0.1) is 61.4 Å². The Hall–Kier alpha value is -7.32. The van der Waals surface area contributed by atoms with Gasteiger partial charge in [0.15, 0.2) is 23.1 Å². The number of aliphatic hydroxyl groups is 2. The van der Waals surface area contributed by atoms with Crippen molar-refractivity contribution in [3.05, 3.63) is 35.9 Å². The lowest BCUT2D eigenvalue weighted by atomic mass is 9.88. The highest BCUT2D eigenvalue weighted by Gasteiger charge is 2.39. The van der Waals surface area contributed by atoms with Crippen LogP contribution >= 0.6 is 0 Å². The topological polar surface area (TPSA) is 515 Å². The van der Waals surface area contributed by atoms with Crippen LogP contribution < -0.4 is 71.2 Å². The quantitative estimate of drug-likeness (QED) is 0.0409. The number of benzene rings is 1. The number of carbonyl (C=O) groups excluding carboxylic acids is 14. The molecule has 1 aliphatic heterocycles. The zero-order valence-corrected chi connectivity index (χ0v) is 63.8. The van der Waals surface area contributed by atoms with Gasteiger partial charge >= 0.3 is 0 Å². The van der Waals surface area contributed by atoms with Gasteiger partial charge in [0, 0.05) is 82.2 Å². The Morgan fingerprint density at radius 3 is 1.70 bits per heavy atom. The third-order valence-electron chi connectivity index (χ3n) is 19.0. The summed E-state index contributed by atoms with van der Waals surface area (Å²) < 4.78 is 5.64. The maximum absolute atomic E-state index is 14.8. The molecule has 2 rings (SSSR count). The van der Waals surface area contributed by atoms with Gasteiger partial charge in [0.2, 0.25) is 47.3 Å². The predicted molar refractivity (Wildman–Crippen MR) is 401 cm³/mol. The number of amides is 8. The van der Waals surface area contributed by atoms with E-state index in [4.69, 9.17) is 33.4 Å². The number of ketones is 6. The van der Waals surface area contributed by atoms with Gasteiger partial charge in [-0.2, -0.15) is 0 Å². The second kappa shape index (κ2) is 54.3. The molecular weight excluding hydrogens is 1370 g/mol. The fraction of sp³-hybridized carbons (Fsp3) is 0.737. The van der Waals surface area contributed by atoms with Gasteiger partial charge < -0.3 is 90.9 Å². The maximum Gasteiger partial charge on any atom is 0.243 e. The van der Waals surface area contributed by atoms with Crippen molar-refractivity contribution in [3.63, 3.8) is 0 Å². The Labute approximate surface area is 626 Å². The Morgan fingerprint density at radius 1 is 0.566 bits per heavy atom. The van der Waals surface area contributed by atoms with E-state index in [0.717, 1.165) is 51.4 Å². The molecule has 1 aliphatic rings. The molecular formula is C76H129N13O17. The van der Waals surface area contributed by atoms with E-state index in [0.29, 0.717) is 37.7 Å². The van der Waals surface area contributed by atoms with Crippen molar-refractivity contribution in [1.82, 2.24) is 42.5 Å². The van der Waals surface area contributed by atoms with Crippen LogP contribution in [0.1, 0.15) is 214 Å². The summed E-state index contributed by atoms with van der Waals surface area (Å²) in [4.78, 5) is 195. The van der Waals surface area contributed by atoms with Gasteiger partial charge in [-0.15, -0.1) is 0 Å². The second-order valence-corrected chi connectivity index (χ2v) is 28.7. The number of Topliss-reactive ketones (excluding diaryl/α,β-unsaturated/α-hetero) is 6. The first-order valence-electron chi connectivity index (χ1n) is 38.5. The minimum atomic E-state index is -1.53. The van der Waals surface area contributed by atoms with E-state index in [9.17, 15) is 77.3 Å². The maximum atomic E-state index is 14.8. The van der Waals surface area contributed by atoms with Crippen LogP contribution in [0.25, 0.3) is 0 Å². The summed E-state index contributed by atoms with van der Waals surface area (Å²) in [6.07, 6.45) is 3.25. The lowest BCUT2D eigenvalue weighted by Gasteiger charge is -2.28. The molecule has 0 aliphatic carbocycles. The Morgan fingerprint density at radius 2 is 1.10 bits per heavy atom. The summed E-state index contributed by atoms with van der Waals surface area (Å²) in [5, 5.41) is 43.8. The molecule has 0 radical (unpaired) electrons. The Balaban J connectivity index is 2.54. The van der Waals surface area contributed by atoms with E-state index in [2.05, 4.69) is 49.5 Å². The molecule has 1 saturated heterocycles. The van der Waals surface area contributed by atoms with Crippen molar-refractivity contribution in [3.8, 4) is 0 Å². The molecule has 1 aromatic carbocycles. The summed E-state index contributed by atoms with van der Waals surface area (Å²) in [5.41, 5.74) is 30.6. The van der Waals surface area contributed by atoms with E-state index >= 15 is 0 Å². The molecule has 600 valence electrons. The fourth-order valence-electron chi connectivity index (χ4n) is 12.7. The molecule has 1 aromatic rings. The molecule has 0 bridgehead atoms. The first-order valence-corrected chi connectivity index (χ1v) is 38.5. The van der Waals surface area contributed by atoms with Crippen molar-refractivity contribution in [1.29, 1.82) is 0 Å². The smallest absolute Gasteiger partial charge is 0.243 e. The average molecular weight is 1500 g/mol. The first kappa shape index (κ1) is 94.8. The van der Waals surface area contributed by atoms with Gasteiger partial charge in [-0.05, 0) is 136 Å². The molecule has 1 fully saturated rings. The number of ether oxygens (including phenoxy) is 1. The zero-order chi connectivity index (χ0) is 79.1. The fourth-order valence-corrected chi connectivity index (χ4v) is 12.7. The molecule has 20 N–H and O–H groups in total. The standard InChI is InChI=1S/C76H129N13O17/c1-7-8-9-10-11-18-23-53(43-56(93)31-39-106-40-38-82-69(98)24-19-13-12-15-20-49(4)90)70(99)85-61(27-34-79)68(97)47-58(51(6)92)74(103)86-60(26-33-78)65(94)44-54-30-37-83-73(102)57(50(5)91)46-67(96)62(28-35-80)87-75(104)63(29-36-81)88-76(105)64(41-48(2)3)89-72(101)55(42-52-21-16-14-17-22-52)45-66(95)59(25-32-77)84-71(54)100/h14,16-17,21-22,48,50-51,53-55,57-64,91-92H,7-13,15,18-20,23-47,77-81H2,1-6H3,(H,82,98)(H,83,102)(H,84,100)(H,85,99)(H,86,103)(H,87,104)(H,88,105)(H,89,101)/t50-,51-,53-,54-,55+,57+,58+,59+,60+,61+,62+,63+,64+/m1/s1. The molecule has 8 amide bonds. The predicted octanol–water partition coefficient (Wildman–Crippen LogP) is 1.29. The van der Waals surface area contributed by atoms with Crippen LogP contribution in [0.15, 0.2) is 30.3 Å². The third kappa shape index (κ3) is 38.5. The van der Waals surface area contributed by atoms with E-state index in [-0.39, 0.29) is 147 Å². The molecule has 0 unspecified atom stereocenters. The lowest BCUT2D eigenvalue weighted by molar-refractivity contribution is -0.138. The number of unbranched alkanes of at least 4 members (excludes halogenated alkanes) is 8. The van der Waals surface area contributed by atoms with Crippen molar-refractivity contribution in [2.75, 3.05) is 59.0 Å². The van der Waals surface area contributed by atoms with Crippen LogP contribution in [0, 0.1) is 35.5 Å². The normalized spacial score (nSPS) is 20.8. The average Bonchev–Trinajstić information content (AvgIpc) is 0.888. The number of carbonyl (C=O) groups is 14. The molecule has 106 heavy (non-hydrogen) atoms. The van der Waals surface area contributed by atoms with E-state index in [1.165, 1.54) is 13.8 Å². The largest absolute Gasteiger partial charge is 0.393 e. The summed E-state index contributed by atoms with van der Waals surface area (Å²) in [6, 6.07) is 0.735. The highest BCUT2D eigenvalue weighted by atomic mass is 16.5. The van der Waals surface area contributed by atoms with Crippen molar-refractivity contribution in [2.24, 2.45) is 64.2 Å². The van der Waals surface area contributed by atoms with E-state index in [1.54, 1.807) is 37.3 Å². The molecule has 1 heterocycles. The Kier molecular flexibility index (Phi) is 48.5.